The first-order valence-electron chi connectivity index (χ1n) is 7.79. The lowest BCUT2D eigenvalue weighted by Crippen LogP contribution is -2.24. The van der Waals surface area contributed by atoms with Crippen LogP contribution >= 0.6 is 15.9 Å². The molecule has 1 N–H and O–H groups in total. The average Bonchev–Trinajstić information content (AvgIpc) is 2.67. The first kappa shape index (κ1) is 17.9. The number of nitrogens with one attached hydrogen (secondary N) is 1. The van der Waals surface area contributed by atoms with E-state index >= 15 is 0 Å². The molecule has 1 heterocycles. The van der Waals surface area contributed by atoms with Crippen LogP contribution in [0.3, 0.4) is 0 Å². The molecule has 7 heteroatoms. The second-order valence-electron chi connectivity index (χ2n) is 5.30. The SMILES string of the molecule is COc1ccc(Br)c(C=NNC(=O)COc2cccc3cccnc23)c1. The minimum Gasteiger partial charge on any atom is -0.497 e. The Morgan fingerprint density at radius 1 is 1.27 bits per heavy atom. The summed E-state index contributed by atoms with van der Waals surface area (Å²) >= 11 is 3.42. The van der Waals surface area contributed by atoms with Crippen molar-refractivity contribution in [1.82, 2.24) is 10.4 Å². The normalized spacial score (nSPS) is 10.8. The Hall–Kier alpha value is -2.93. The number of rotatable bonds is 6. The van der Waals surface area contributed by atoms with E-state index in [4.69, 9.17) is 9.47 Å². The predicted molar refractivity (Wildman–Crippen MR) is 104 cm³/mol. The van der Waals surface area contributed by atoms with Gasteiger partial charge in [-0.15, -0.1) is 0 Å². The number of amides is 1. The van der Waals surface area contributed by atoms with Gasteiger partial charge in [-0.3, -0.25) is 9.78 Å². The van der Waals surface area contributed by atoms with Crippen LogP contribution in [0, 0.1) is 0 Å². The third-order valence-electron chi connectivity index (χ3n) is 3.55. The Morgan fingerprint density at radius 2 is 2.12 bits per heavy atom. The molecule has 0 unspecified atom stereocenters. The molecule has 0 saturated heterocycles. The molecule has 1 amide bonds. The lowest BCUT2D eigenvalue weighted by molar-refractivity contribution is -0.123. The minimum atomic E-state index is -0.367. The summed E-state index contributed by atoms with van der Waals surface area (Å²) in [5, 5.41) is 4.90. The number of halogens is 1. The highest BCUT2D eigenvalue weighted by atomic mass is 79.9. The van der Waals surface area contributed by atoms with E-state index in [2.05, 4.69) is 31.4 Å². The van der Waals surface area contributed by atoms with Crippen LogP contribution in [0.5, 0.6) is 11.5 Å². The fourth-order valence-corrected chi connectivity index (χ4v) is 2.64. The molecule has 0 fully saturated rings. The number of nitrogens with zero attached hydrogens (tertiary/aromatic N) is 2. The van der Waals surface area contributed by atoms with Gasteiger partial charge in [0.15, 0.2) is 6.61 Å². The van der Waals surface area contributed by atoms with Crippen LogP contribution in [0.4, 0.5) is 0 Å². The zero-order chi connectivity index (χ0) is 18.4. The Labute approximate surface area is 159 Å². The van der Waals surface area contributed by atoms with Gasteiger partial charge in [0.1, 0.15) is 17.0 Å². The Balaban J connectivity index is 1.59. The highest BCUT2D eigenvalue weighted by Gasteiger charge is 2.06. The largest absolute Gasteiger partial charge is 0.497 e. The van der Waals surface area contributed by atoms with Crippen molar-refractivity contribution in [2.24, 2.45) is 5.10 Å². The zero-order valence-corrected chi connectivity index (χ0v) is 15.6. The van der Waals surface area contributed by atoms with Crippen molar-refractivity contribution in [3.8, 4) is 11.5 Å². The molecular formula is C19H16BrN3O3. The van der Waals surface area contributed by atoms with E-state index < -0.39 is 0 Å². The molecule has 2 aromatic carbocycles. The molecular weight excluding hydrogens is 398 g/mol. The number of carbonyl (C=O) groups excluding carboxylic acids is 1. The van der Waals surface area contributed by atoms with Crippen LogP contribution in [0.2, 0.25) is 0 Å². The van der Waals surface area contributed by atoms with Gasteiger partial charge in [0.05, 0.1) is 13.3 Å². The van der Waals surface area contributed by atoms with E-state index in [9.17, 15) is 4.79 Å². The average molecular weight is 414 g/mol. The molecule has 0 aliphatic carbocycles. The number of ether oxygens (including phenoxy) is 2. The lowest BCUT2D eigenvalue weighted by Gasteiger charge is -2.07. The molecule has 26 heavy (non-hydrogen) atoms. The van der Waals surface area contributed by atoms with Crippen molar-refractivity contribution < 1.29 is 14.3 Å². The first-order chi connectivity index (χ1) is 12.7. The van der Waals surface area contributed by atoms with Crippen LogP contribution in [0.25, 0.3) is 10.9 Å². The molecule has 132 valence electrons. The van der Waals surface area contributed by atoms with Crippen molar-refractivity contribution in [2.45, 2.75) is 0 Å². The molecule has 0 bridgehead atoms. The summed E-state index contributed by atoms with van der Waals surface area (Å²) in [5.74, 6) is 0.888. The van der Waals surface area contributed by atoms with Gasteiger partial charge in [-0.25, -0.2) is 5.43 Å². The standard InChI is InChI=1S/C19H16BrN3O3/c1-25-15-7-8-16(20)14(10-15)11-22-23-18(24)12-26-17-6-2-4-13-5-3-9-21-19(13)17/h2-11H,12H2,1H3,(H,23,24). The van der Waals surface area contributed by atoms with Crippen LogP contribution in [-0.2, 0) is 4.79 Å². The smallest absolute Gasteiger partial charge is 0.277 e. The first-order valence-corrected chi connectivity index (χ1v) is 8.58. The molecule has 0 spiro atoms. The van der Waals surface area contributed by atoms with E-state index in [0.29, 0.717) is 17.0 Å². The van der Waals surface area contributed by atoms with Crippen molar-refractivity contribution in [3.05, 3.63) is 64.8 Å². The summed E-state index contributed by atoms with van der Waals surface area (Å²) in [5.41, 5.74) is 3.93. The summed E-state index contributed by atoms with van der Waals surface area (Å²) in [6.45, 7) is -0.160. The number of pyridine rings is 1. The van der Waals surface area contributed by atoms with Gasteiger partial charge in [-0.05, 0) is 30.3 Å². The molecule has 6 nitrogen and oxygen atoms in total. The fourth-order valence-electron chi connectivity index (χ4n) is 2.29. The number of hydrogen-bond donors (Lipinski definition) is 1. The summed E-state index contributed by atoms with van der Waals surface area (Å²) in [7, 11) is 1.59. The highest BCUT2D eigenvalue weighted by molar-refractivity contribution is 9.10. The van der Waals surface area contributed by atoms with E-state index in [-0.39, 0.29) is 12.5 Å². The Morgan fingerprint density at radius 3 is 2.96 bits per heavy atom. The number of carbonyl (C=O) groups is 1. The van der Waals surface area contributed by atoms with Crippen molar-refractivity contribution in [1.29, 1.82) is 0 Å². The molecule has 1 aromatic heterocycles. The molecule has 0 atom stereocenters. The van der Waals surface area contributed by atoms with Crippen LogP contribution < -0.4 is 14.9 Å². The number of aromatic nitrogens is 1. The van der Waals surface area contributed by atoms with Gasteiger partial charge in [-0.1, -0.05) is 34.1 Å². The number of benzene rings is 2. The third kappa shape index (κ3) is 4.37. The van der Waals surface area contributed by atoms with E-state index in [1.807, 2.05) is 36.4 Å². The third-order valence-corrected chi connectivity index (χ3v) is 4.27. The van der Waals surface area contributed by atoms with Gasteiger partial charge in [0.25, 0.3) is 5.91 Å². The highest BCUT2D eigenvalue weighted by Crippen LogP contribution is 2.23. The van der Waals surface area contributed by atoms with Gasteiger partial charge in [0.2, 0.25) is 0 Å². The molecule has 3 rings (SSSR count). The van der Waals surface area contributed by atoms with Crippen LogP contribution in [0.1, 0.15) is 5.56 Å². The lowest BCUT2D eigenvalue weighted by atomic mass is 10.2. The fraction of sp³-hybridized carbons (Fsp3) is 0.105. The topological polar surface area (TPSA) is 72.8 Å². The second kappa shape index (κ2) is 8.44. The predicted octanol–water partition coefficient (Wildman–Crippen LogP) is 3.54. The molecule has 0 aliphatic rings. The summed E-state index contributed by atoms with van der Waals surface area (Å²) < 4.78 is 11.6. The molecule has 3 aromatic rings. The number of hydrogen-bond acceptors (Lipinski definition) is 5. The number of methoxy groups -OCH3 is 1. The van der Waals surface area contributed by atoms with Crippen molar-refractivity contribution in [2.75, 3.05) is 13.7 Å². The number of fused-ring (bicyclic) bond motifs is 1. The van der Waals surface area contributed by atoms with Crippen molar-refractivity contribution >= 4 is 39.0 Å². The Bertz CT molecular complexity index is 954. The van der Waals surface area contributed by atoms with Crippen molar-refractivity contribution in [3.63, 3.8) is 0 Å². The monoisotopic (exact) mass is 413 g/mol. The molecule has 0 radical (unpaired) electrons. The van der Waals surface area contributed by atoms with E-state index in [1.165, 1.54) is 6.21 Å². The van der Waals surface area contributed by atoms with Gasteiger partial charge in [-0.2, -0.15) is 5.10 Å². The minimum absolute atomic E-state index is 0.160. The molecule has 0 saturated carbocycles. The van der Waals surface area contributed by atoms with Gasteiger partial charge in [0, 0.05) is 21.6 Å². The zero-order valence-electron chi connectivity index (χ0n) is 14.0. The summed E-state index contributed by atoms with van der Waals surface area (Å²) in [6, 6.07) is 14.8. The van der Waals surface area contributed by atoms with Crippen LogP contribution in [-0.4, -0.2) is 30.8 Å². The maximum Gasteiger partial charge on any atom is 0.277 e. The van der Waals surface area contributed by atoms with Gasteiger partial charge < -0.3 is 9.47 Å². The summed E-state index contributed by atoms with van der Waals surface area (Å²) in [4.78, 5) is 16.2. The quantitative estimate of drug-likeness (QED) is 0.495. The second-order valence-corrected chi connectivity index (χ2v) is 6.15. The maximum atomic E-state index is 11.9. The number of hydrazone groups is 1. The van der Waals surface area contributed by atoms with Crippen LogP contribution in [0.15, 0.2) is 64.3 Å². The van der Waals surface area contributed by atoms with E-state index in [0.717, 1.165) is 15.4 Å². The van der Waals surface area contributed by atoms with E-state index in [1.54, 1.807) is 25.4 Å². The van der Waals surface area contributed by atoms with Gasteiger partial charge >= 0.3 is 0 Å². The maximum absolute atomic E-state index is 11.9. The number of para-hydroxylation sites is 1. The Kier molecular flexibility index (Phi) is 5.80. The summed E-state index contributed by atoms with van der Waals surface area (Å²) in [6.07, 6.45) is 3.22. The molecule has 0 aliphatic heterocycles.